The second-order valence-corrected chi connectivity index (χ2v) is 3.88. The molecule has 1 aliphatic rings. The first-order valence-electron chi connectivity index (χ1n) is 4.98. The van der Waals surface area contributed by atoms with Gasteiger partial charge in [-0.3, -0.25) is 9.69 Å². The highest BCUT2D eigenvalue weighted by molar-refractivity contribution is 5.76. The summed E-state index contributed by atoms with van der Waals surface area (Å²) in [5.41, 5.74) is 0. The Bertz CT molecular complexity index is 188. The van der Waals surface area contributed by atoms with E-state index in [9.17, 15) is 4.79 Å². The Morgan fingerprint density at radius 2 is 2.00 bits per heavy atom. The second kappa shape index (κ2) is 5.32. The van der Waals surface area contributed by atoms with Gasteiger partial charge in [-0.2, -0.15) is 0 Å². The summed E-state index contributed by atoms with van der Waals surface area (Å²) in [5, 5.41) is 0. The molecular weight excluding hydrogens is 182 g/mol. The van der Waals surface area contributed by atoms with Crippen molar-refractivity contribution in [3.8, 4) is 0 Å². The number of nitrogens with zero attached hydrogens (tertiary/aromatic N) is 1. The van der Waals surface area contributed by atoms with Crippen molar-refractivity contribution >= 4 is 5.97 Å². The summed E-state index contributed by atoms with van der Waals surface area (Å²) in [6.45, 7) is 1.51. The van der Waals surface area contributed by atoms with Gasteiger partial charge in [0.2, 0.25) is 0 Å². The van der Waals surface area contributed by atoms with Gasteiger partial charge in [-0.1, -0.05) is 0 Å². The number of methoxy groups -OCH3 is 1. The van der Waals surface area contributed by atoms with E-state index in [2.05, 4.69) is 0 Å². The zero-order valence-electron chi connectivity index (χ0n) is 9.16. The predicted octanol–water partition coefficient (Wildman–Crippen LogP) is 0.516. The number of hydrogen-bond acceptors (Lipinski definition) is 4. The first-order valence-corrected chi connectivity index (χ1v) is 4.98. The van der Waals surface area contributed by atoms with Crippen molar-refractivity contribution in [1.82, 2.24) is 4.90 Å². The first-order chi connectivity index (χ1) is 6.66. The summed E-state index contributed by atoms with van der Waals surface area (Å²) in [5.74, 6) is 0.230. The fourth-order valence-electron chi connectivity index (χ4n) is 1.98. The third-order valence-corrected chi connectivity index (χ3v) is 2.71. The fraction of sp³-hybridized carbons (Fsp3) is 0.900. The summed E-state index contributed by atoms with van der Waals surface area (Å²) >= 11 is 0. The zero-order valence-corrected chi connectivity index (χ0v) is 9.16. The second-order valence-electron chi connectivity index (χ2n) is 3.88. The molecule has 0 amide bonds. The van der Waals surface area contributed by atoms with E-state index >= 15 is 0 Å². The van der Waals surface area contributed by atoms with Crippen LogP contribution in [0.2, 0.25) is 0 Å². The van der Waals surface area contributed by atoms with Crippen LogP contribution in [-0.4, -0.2) is 51.3 Å². The molecule has 1 heterocycles. The largest absolute Gasteiger partial charge is 0.468 e. The van der Waals surface area contributed by atoms with Crippen LogP contribution in [0.3, 0.4) is 0 Å². The van der Waals surface area contributed by atoms with Gasteiger partial charge in [-0.15, -0.1) is 0 Å². The van der Waals surface area contributed by atoms with E-state index in [1.807, 2.05) is 19.0 Å². The van der Waals surface area contributed by atoms with E-state index in [1.165, 1.54) is 7.11 Å². The molecule has 0 aromatic rings. The van der Waals surface area contributed by atoms with Gasteiger partial charge >= 0.3 is 5.97 Å². The quantitative estimate of drug-likeness (QED) is 0.624. The number of carbonyl (C=O) groups excluding carboxylic acids is 1. The third kappa shape index (κ3) is 2.69. The fourth-order valence-corrected chi connectivity index (χ4v) is 1.98. The molecule has 1 rings (SSSR count). The molecule has 1 saturated heterocycles. The number of likely N-dealkylation sites (N-methyl/N-ethyl adjacent to an activating group) is 1. The Morgan fingerprint density at radius 3 is 2.43 bits per heavy atom. The Hall–Kier alpha value is -0.610. The van der Waals surface area contributed by atoms with Gasteiger partial charge in [0.15, 0.2) is 0 Å². The SMILES string of the molecule is COC(=O)C(C1CCOCC1)N(C)C. The molecule has 4 heteroatoms. The predicted molar refractivity (Wildman–Crippen MR) is 53.0 cm³/mol. The molecule has 82 valence electrons. The van der Waals surface area contributed by atoms with Gasteiger partial charge in [0.25, 0.3) is 0 Å². The van der Waals surface area contributed by atoms with Crippen LogP contribution in [0.4, 0.5) is 0 Å². The zero-order chi connectivity index (χ0) is 10.6. The highest BCUT2D eigenvalue weighted by atomic mass is 16.5. The molecule has 0 aromatic carbocycles. The van der Waals surface area contributed by atoms with Crippen molar-refractivity contribution < 1.29 is 14.3 Å². The maximum Gasteiger partial charge on any atom is 0.323 e. The van der Waals surface area contributed by atoms with Crippen LogP contribution in [0.5, 0.6) is 0 Å². The Kier molecular flexibility index (Phi) is 4.35. The molecule has 14 heavy (non-hydrogen) atoms. The van der Waals surface area contributed by atoms with Crippen molar-refractivity contribution in [2.24, 2.45) is 5.92 Å². The Balaban J connectivity index is 2.60. The Labute approximate surface area is 85.2 Å². The third-order valence-electron chi connectivity index (χ3n) is 2.71. The molecule has 1 unspecified atom stereocenters. The van der Waals surface area contributed by atoms with Crippen molar-refractivity contribution in [3.05, 3.63) is 0 Å². The Morgan fingerprint density at radius 1 is 1.43 bits per heavy atom. The van der Waals surface area contributed by atoms with Crippen molar-refractivity contribution in [1.29, 1.82) is 0 Å². The highest BCUT2D eigenvalue weighted by Gasteiger charge is 2.32. The minimum Gasteiger partial charge on any atom is -0.468 e. The van der Waals surface area contributed by atoms with Crippen molar-refractivity contribution in [3.63, 3.8) is 0 Å². The van der Waals surface area contributed by atoms with Crippen LogP contribution in [0.25, 0.3) is 0 Å². The van der Waals surface area contributed by atoms with E-state index in [0.29, 0.717) is 5.92 Å². The number of esters is 1. The normalized spacial score (nSPS) is 20.9. The minimum atomic E-state index is -0.137. The number of ether oxygens (including phenoxy) is 2. The van der Waals surface area contributed by atoms with E-state index < -0.39 is 0 Å². The molecule has 0 saturated carbocycles. The maximum absolute atomic E-state index is 11.5. The summed E-state index contributed by atoms with van der Waals surface area (Å²) in [4.78, 5) is 13.5. The standard InChI is InChI=1S/C10H19NO3/c1-11(2)9(10(12)13-3)8-4-6-14-7-5-8/h8-9H,4-7H2,1-3H3. The van der Waals surface area contributed by atoms with Gasteiger partial charge < -0.3 is 9.47 Å². The topological polar surface area (TPSA) is 38.8 Å². The summed E-state index contributed by atoms with van der Waals surface area (Å²) < 4.78 is 10.1. The molecule has 0 N–H and O–H groups in total. The molecule has 0 bridgehead atoms. The number of carbonyl (C=O) groups is 1. The van der Waals surface area contributed by atoms with Crippen LogP contribution in [-0.2, 0) is 14.3 Å². The molecule has 1 aliphatic heterocycles. The van der Waals surface area contributed by atoms with Crippen molar-refractivity contribution in [2.75, 3.05) is 34.4 Å². The summed E-state index contributed by atoms with van der Waals surface area (Å²) in [7, 11) is 5.27. The van der Waals surface area contributed by atoms with E-state index in [-0.39, 0.29) is 12.0 Å². The van der Waals surface area contributed by atoms with E-state index in [1.54, 1.807) is 0 Å². The minimum absolute atomic E-state index is 0.121. The molecular formula is C10H19NO3. The highest BCUT2D eigenvalue weighted by Crippen LogP contribution is 2.22. The van der Waals surface area contributed by atoms with Crippen LogP contribution in [0.15, 0.2) is 0 Å². The van der Waals surface area contributed by atoms with Gasteiger partial charge in [-0.25, -0.2) is 0 Å². The molecule has 0 aromatic heterocycles. The monoisotopic (exact) mass is 201 g/mol. The lowest BCUT2D eigenvalue weighted by Crippen LogP contribution is -2.44. The lowest BCUT2D eigenvalue weighted by Gasteiger charge is -2.32. The molecule has 0 radical (unpaired) electrons. The number of hydrogen-bond donors (Lipinski definition) is 0. The van der Waals surface area contributed by atoms with Gasteiger partial charge in [0, 0.05) is 13.2 Å². The van der Waals surface area contributed by atoms with E-state index in [0.717, 1.165) is 26.1 Å². The molecule has 4 nitrogen and oxygen atoms in total. The van der Waals surface area contributed by atoms with Crippen LogP contribution >= 0.6 is 0 Å². The molecule has 0 spiro atoms. The van der Waals surface area contributed by atoms with Gasteiger partial charge in [-0.05, 0) is 32.9 Å². The van der Waals surface area contributed by atoms with Crippen LogP contribution in [0.1, 0.15) is 12.8 Å². The smallest absolute Gasteiger partial charge is 0.323 e. The maximum atomic E-state index is 11.5. The van der Waals surface area contributed by atoms with Gasteiger partial charge in [0.05, 0.1) is 7.11 Å². The average molecular weight is 201 g/mol. The molecule has 0 aliphatic carbocycles. The molecule has 1 atom stereocenters. The molecule has 1 fully saturated rings. The lowest BCUT2D eigenvalue weighted by molar-refractivity contribution is -0.149. The van der Waals surface area contributed by atoms with E-state index in [4.69, 9.17) is 9.47 Å². The number of rotatable bonds is 3. The summed E-state index contributed by atoms with van der Waals surface area (Å²) in [6, 6.07) is -0.121. The van der Waals surface area contributed by atoms with Crippen molar-refractivity contribution in [2.45, 2.75) is 18.9 Å². The summed E-state index contributed by atoms with van der Waals surface area (Å²) in [6.07, 6.45) is 1.88. The first kappa shape index (κ1) is 11.5. The van der Waals surface area contributed by atoms with Crippen LogP contribution in [0, 0.1) is 5.92 Å². The van der Waals surface area contributed by atoms with Gasteiger partial charge in [0.1, 0.15) is 6.04 Å². The lowest BCUT2D eigenvalue weighted by atomic mass is 9.91. The average Bonchev–Trinajstić information content (AvgIpc) is 2.19. The van der Waals surface area contributed by atoms with Crippen LogP contribution < -0.4 is 0 Å².